The zero-order valence-electron chi connectivity index (χ0n) is 14.1. The van der Waals surface area contributed by atoms with Gasteiger partial charge in [-0.25, -0.2) is 9.69 Å². The molecule has 0 aliphatic carbocycles. The number of carbonyl (C=O) groups is 4. The highest BCUT2D eigenvalue weighted by atomic mass is 16.2. The van der Waals surface area contributed by atoms with Gasteiger partial charge < -0.3 is 4.90 Å². The van der Waals surface area contributed by atoms with Crippen LogP contribution in [0.1, 0.15) is 24.5 Å². The van der Waals surface area contributed by atoms with Gasteiger partial charge in [0.1, 0.15) is 6.54 Å². The van der Waals surface area contributed by atoms with E-state index < -0.39 is 24.4 Å². The third-order valence-electron chi connectivity index (χ3n) is 3.88. The Morgan fingerprint density at radius 2 is 1.71 bits per heavy atom. The largest absolute Gasteiger partial charge is 0.337 e. The van der Waals surface area contributed by atoms with Crippen molar-refractivity contribution in [3.8, 4) is 0 Å². The van der Waals surface area contributed by atoms with Crippen molar-refractivity contribution < 1.29 is 19.2 Å². The maximum Gasteiger partial charge on any atom is 0.334 e. The predicted octanol–water partition coefficient (Wildman–Crippen LogP) is 1.15. The minimum absolute atomic E-state index is 0.359. The van der Waals surface area contributed by atoms with Crippen LogP contribution in [0.25, 0.3) is 0 Å². The van der Waals surface area contributed by atoms with Crippen molar-refractivity contribution in [3.05, 3.63) is 35.4 Å². The molecule has 1 heterocycles. The van der Waals surface area contributed by atoms with E-state index in [9.17, 15) is 19.2 Å². The van der Waals surface area contributed by atoms with Gasteiger partial charge in [0.25, 0.3) is 0 Å². The Kier molecular flexibility index (Phi) is 5.33. The van der Waals surface area contributed by atoms with Crippen molar-refractivity contribution in [1.82, 2.24) is 14.7 Å². The minimum atomic E-state index is -0.956. The molecule has 1 aliphatic rings. The number of imide groups is 2. The second kappa shape index (κ2) is 7.25. The molecule has 0 unspecified atom stereocenters. The fraction of sp³-hybridized carbons (Fsp3) is 0.412. The summed E-state index contributed by atoms with van der Waals surface area (Å²) in [5, 5.41) is 0. The number of hydrogen-bond donors (Lipinski definition) is 0. The van der Waals surface area contributed by atoms with Crippen molar-refractivity contribution in [2.75, 3.05) is 20.1 Å². The molecule has 0 spiro atoms. The first-order chi connectivity index (χ1) is 11.3. The number of urea groups is 1. The highest BCUT2D eigenvalue weighted by Gasteiger charge is 2.43. The Bertz CT molecular complexity index is 669. The molecule has 0 radical (unpaired) electrons. The molecule has 24 heavy (non-hydrogen) atoms. The summed E-state index contributed by atoms with van der Waals surface area (Å²) in [7, 11) is 1.23. The van der Waals surface area contributed by atoms with E-state index >= 15 is 0 Å². The van der Waals surface area contributed by atoms with Crippen LogP contribution in [0, 0.1) is 6.92 Å². The van der Waals surface area contributed by atoms with Crippen LogP contribution in [0.3, 0.4) is 0 Å². The third kappa shape index (κ3) is 3.61. The summed E-state index contributed by atoms with van der Waals surface area (Å²) in [6, 6.07) is 7.05. The topological polar surface area (TPSA) is 78.0 Å². The molecular formula is C17H21N3O4. The fourth-order valence-corrected chi connectivity index (χ4v) is 2.46. The van der Waals surface area contributed by atoms with Crippen molar-refractivity contribution in [1.29, 1.82) is 0 Å². The van der Waals surface area contributed by atoms with E-state index in [1.807, 2.05) is 38.1 Å². The molecular weight excluding hydrogens is 310 g/mol. The molecule has 1 aromatic rings. The van der Waals surface area contributed by atoms with Gasteiger partial charge in [-0.3, -0.25) is 19.3 Å². The number of carbonyl (C=O) groups excluding carboxylic acids is 4. The van der Waals surface area contributed by atoms with Crippen molar-refractivity contribution >= 4 is 23.8 Å². The fourth-order valence-electron chi connectivity index (χ4n) is 2.46. The third-order valence-corrected chi connectivity index (χ3v) is 3.88. The molecule has 7 nitrogen and oxygen atoms in total. The van der Waals surface area contributed by atoms with Crippen LogP contribution in [0.2, 0.25) is 0 Å². The lowest BCUT2D eigenvalue weighted by atomic mass is 10.1. The molecule has 0 saturated carbocycles. The van der Waals surface area contributed by atoms with Gasteiger partial charge >= 0.3 is 17.8 Å². The molecule has 1 fully saturated rings. The van der Waals surface area contributed by atoms with E-state index in [-0.39, 0.29) is 5.91 Å². The van der Waals surface area contributed by atoms with Crippen LogP contribution in [-0.4, -0.2) is 58.6 Å². The first kappa shape index (κ1) is 17.7. The number of hydrogen-bond acceptors (Lipinski definition) is 4. The zero-order chi connectivity index (χ0) is 17.9. The molecule has 7 heteroatoms. The molecule has 1 aromatic carbocycles. The Hall–Kier alpha value is -2.70. The van der Waals surface area contributed by atoms with Crippen LogP contribution in [0.5, 0.6) is 0 Å². The highest BCUT2D eigenvalue weighted by molar-refractivity contribution is 6.44. The van der Waals surface area contributed by atoms with Crippen LogP contribution >= 0.6 is 0 Å². The Balaban J connectivity index is 2.09. The van der Waals surface area contributed by atoms with Crippen LogP contribution in [0.4, 0.5) is 4.79 Å². The maximum atomic E-state index is 12.5. The van der Waals surface area contributed by atoms with Crippen molar-refractivity contribution in [2.45, 2.75) is 26.8 Å². The lowest BCUT2D eigenvalue weighted by Crippen LogP contribution is -2.43. The smallest absolute Gasteiger partial charge is 0.334 e. The first-order valence-electron chi connectivity index (χ1n) is 7.82. The lowest BCUT2D eigenvalue weighted by molar-refractivity contribution is -0.144. The molecule has 0 bridgehead atoms. The molecule has 128 valence electrons. The first-order valence-corrected chi connectivity index (χ1v) is 7.82. The maximum absolute atomic E-state index is 12.5. The summed E-state index contributed by atoms with van der Waals surface area (Å²) in [5.74, 6) is -2.22. The van der Waals surface area contributed by atoms with Crippen molar-refractivity contribution in [3.63, 3.8) is 0 Å². The van der Waals surface area contributed by atoms with E-state index in [0.717, 1.165) is 22.4 Å². The van der Waals surface area contributed by atoms with Gasteiger partial charge in [0.15, 0.2) is 0 Å². The summed E-state index contributed by atoms with van der Waals surface area (Å²) >= 11 is 0. The summed E-state index contributed by atoms with van der Waals surface area (Å²) in [5.41, 5.74) is 2.09. The predicted molar refractivity (Wildman–Crippen MR) is 86.8 cm³/mol. The average Bonchev–Trinajstić information content (AvgIpc) is 2.74. The highest BCUT2D eigenvalue weighted by Crippen LogP contribution is 2.12. The number of likely N-dealkylation sites (N-methyl/N-ethyl adjacent to an activating group) is 1. The van der Waals surface area contributed by atoms with E-state index in [2.05, 4.69) is 0 Å². The van der Waals surface area contributed by atoms with Crippen LogP contribution < -0.4 is 0 Å². The molecule has 1 aliphatic heterocycles. The number of rotatable bonds is 6. The molecule has 0 atom stereocenters. The van der Waals surface area contributed by atoms with Gasteiger partial charge in [0.05, 0.1) is 0 Å². The summed E-state index contributed by atoms with van der Waals surface area (Å²) < 4.78 is 0. The van der Waals surface area contributed by atoms with Gasteiger partial charge in [-0.1, -0.05) is 36.8 Å². The molecule has 1 saturated heterocycles. The summed E-state index contributed by atoms with van der Waals surface area (Å²) in [6.07, 6.45) is 0.748. The molecule has 2 rings (SSSR count). The van der Waals surface area contributed by atoms with Gasteiger partial charge in [-0.2, -0.15) is 0 Å². The minimum Gasteiger partial charge on any atom is -0.337 e. The van der Waals surface area contributed by atoms with Gasteiger partial charge in [-0.05, 0) is 18.9 Å². The second-order valence-corrected chi connectivity index (χ2v) is 5.84. The lowest BCUT2D eigenvalue weighted by Gasteiger charge is -2.24. The van der Waals surface area contributed by atoms with Crippen molar-refractivity contribution in [2.24, 2.45) is 0 Å². The number of aryl methyl sites for hydroxylation is 1. The Morgan fingerprint density at radius 1 is 1.08 bits per heavy atom. The van der Waals surface area contributed by atoms with E-state index in [1.54, 1.807) is 4.90 Å². The SMILES string of the molecule is CCCN(Cc1ccc(C)cc1)C(=O)CN1C(=O)C(=O)N(C)C1=O. The molecule has 0 aromatic heterocycles. The zero-order valence-corrected chi connectivity index (χ0v) is 14.1. The normalized spacial score (nSPS) is 14.5. The van der Waals surface area contributed by atoms with Gasteiger partial charge in [0, 0.05) is 20.1 Å². The van der Waals surface area contributed by atoms with Crippen LogP contribution in [-0.2, 0) is 20.9 Å². The number of amides is 5. The van der Waals surface area contributed by atoms with E-state index in [4.69, 9.17) is 0 Å². The quantitative estimate of drug-likeness (QED) is 0.579. The van der Waals surface area contributed by atoms with E-state index in [0.29, 0.717) is 18.0 Å². The monoisotopic (exact) mass is 331 g/mol. The summed E-state index contributed by atoms with van der Waals surface area (Å²) in [4.78, 5) is 50.7. The molecule has 0 N–H and O–H groups in total. The average molecular weight is 331 g/mol. The van der Waals surface area contributed by atoms with E-state index in [1.165, 1.54) is 7.05 Å². The van der Waals surface area contributed by atoms with Gasteiger partial charge in [-0.15, -0.1) is 0 Å². The molecule has 5 amide bonds. The van der Waals surface area contributed by atoms with Crippen LogP contribution in [0.15, 0.2) is 24.3 Å². The Morgan fingerprint density at radius 3 is 2.21 bits per heavy atom. The van der Waals surface area contributed by atoms with Gasteiger partial charge in [0.2, 0.25) is 5.91 Å². The summed E-state index contributed by atoms with van der Waals surface area (Å²) in [6.45, 7) is 4.41. The second-order valence-electron chi connectivity index (χ2n) is 5.84. The number of benzene rings is 1. The Labute approximate surface area is 140 Å². The standard InChI is InChI=1S/C17H21N3O4/c1-4-9-19(10-13-7-5-12(2)6-8-13)14(21)11-20-16(23)15(22)18(3)17(20)24/h5-8H,4,9-11H2,1-3H3. The number of nitrogens with zero attached hydrogens (tertiary/aromatic N) is 3.